The standard InChI is InChI=1S/C7H2ClF5IN/c8-5-4(14)2(7(11,12)13)1-3(15-5)6(9)10/h1,6H. The fourth-order valence-electron chi connectivity index (χ4n) is 0.835. The monoisotopic (exact) mass is 357 g/mol. The Bertz CT molecular complexity index is 378. The third-order valence-corrected chi connectivity index (χ3v) is 3.15. The Hall–Kier alpha value is -0.180. The maximum absolute atomic E-state index is 12.3. The molecule has 0 atom stereocenters. The second kappa shape index (κ2) is 4.36. The molecule has 0 aliphatic rings. The highest BCUT2D eigenvalue weighted by Gasteiger charge is 2.35. The molecule has 8 heteroatoms. The van der Waals surface area contributed by atoms with E-state index in [1.807, 2.05) is 0 Å². The smallest absolute Gasteiger partial charge is 0.234 e. The van der Waals surface area contributed by atoms with Crippen LogP contribution in [0.2, 0.25) is 5.15 Å². The van der Waals surface area contributed by atoms with Crippen molar-refractivity contribution >= 4 is 34.2 Å². The molecule has 0 spiro atoms. The fraction of sp³-hybridized carbons (Fsp3) is 0.286. The molecule has 0 radical (unpaired) electrons. The molecule has 0 saturated heterocycles. The van der Waals surface area contributed by atoms with E-state index in [1.54, 1.807) is 0 Å². The average Bonchev–Trinajstić information content (AvgIpc) is 2.06. The molecular weight excluding hydrogens is 355 g/mol. The molecule has 1 aromatic heterocycles. The molecule has 0 aromatic carbocycles. The summed E-state index contributed by atoms with van der Waals surface area (Å²) in [5.74, 6) is 0. The van der Waals surface area contributed by atoms with E-state index in [-0.39, 0.29) is 3.57 Å². The fourth-order valence-corrected chi connectivity index (χ4v) is 1.62. The highest BCUT2D eigenvalue weighted by Crippen LogP contribution is 2.37. The Kier molecular flexibility index (Phi) is 3.75. The van der Waals surface area contributed by atoms with Crippen molar-refractivity contribution in [3.05, 3.63) is 26.0 Å². The van der Waals surface area contributed by atoms with Crippen LogP contribution in [0.15, 0.2) is 6.07 Å². The summed E-state index contributed by atoms with van der Waals surface area (Å²) in [6.07, 6.45) is -7.80. The first-order chi connectivity index (χ1) is 6.73. The van der Waals surface area contributed by atoms with Crippen LogP contribution in [0.1, 0.15) is 17.7 Å². The van der Waals surface area contributed by atoms with Crippen molar-refractivity contribution in [1.29, 1.82) is 0 Å². The summed E-state index contributed by atoms with van der Waals surface area (Å²) in [6.45, 7) is 0. The van der Waals surface area contributed by atoms with Crippen LogP contribution in [-0.4, -0.2) is 4.98 Å². The summed E-state index contributed by atoms with van der Waals surface area (Å²) in [5, 5.41) is -0.569. The number of alkyl halides is 5. The molecule has 1 rings (SSSR count). The van der Waals surface area contributed by atoms with Gasteiger partial charge in [0.05, 0.1) is 9.13 Å². The zero-order chi connectivity index (χ0) is 11.8. The summed E-state index contributed by atoms with van der Waals surface area (Å²) in [5.41, 5.74) is -2.17. The predicted octanol–water partition coefficient (Wildman–Crippen LogP) is 4.30. The molecule has 1 nitrogen and oxygen atoms in total. The van der Waals surface area contributed by atoms with Gasteiger partial charge in [0.2, 0.25) is 0 Å². The van der Waals surface area contributed by atoms with E-state index in [1.165, 1.54) is 22.6 Å². The second-order valence-corrected chi connectivity index (χ2v) is 3.93. The molecule has 0 fully saturated rings. The van der Waals surface area contributed by atoms with E-state index >= 15 is 0 Å². The van der Waals surface area contributed by atoms with Crippen LogP contribution in [0.25, 0.3) is 0 Å². The van der Waals surface area contributed by atoms with Crippen molar-refractivity contribution < 1.29 is 22.0 Å². The van der Waals surface area contributed by atoms with Gasteiger partial charge in [-0.25, -0.2) is 13.8 Å². The first-order valence-corrected chi connectivity index (χ1v) is 4.90. The first kappa shape index (κ1) is 12.9. The van der Waals surface area contributed by atoms with Crippen LogP contribution in [0.3, 0.4) is 0 Å². The van der Waals surface area contributed by atoms with Gasteiger partial charge in [-0.2, -0.15) is 13.2 Å². The van der Waals surface area contributed by atoms with Crippen molar-refractivity contribution in [2.75, 3.05) is 0 Å². The summed E-state index contributed by atoms with van der Waals surface area (Å²) in [6, 6.07) is 0.304. The normalized spacial score (nSPS) is 12.3. The molecule has 0 amide bonds. The lowest BCUT2D eigenvalue weighted by Crippen LogP contribution is -2.10. The zero-order valence-electron chi connectivity index (χ0n) is 6.75. The van der Waals surface area contributed by atoms with Crippen LogP contribution < -0.4 is 0 Å². The Labute approximate surface area is 99.8 Å². The molecule has 0 unspecified atom stereocenters. The Morgan fingerprint density at radius 3 is 2.27 bits per heavy atom. The summed E-state index contributed by atoms with van der Waals surface area (Å²) < 4.78 is 60.9. The molecule has 0 bridgehead atoms. The molecule has 0 saturated carbocycles. The van der Waals surface area contributed by atoms with Crippen LogP contribution in [-0.2, 0) is 6.18 Å². The quantitative estimate of drug-likeness (QED) is 0.415. The summed E-state index contributed by atoms with van der Waals surface area (Å²) in [7, 11) is 0. The highest BCUT2D eigenvalue weighted by molar-refractivity contribution is 14.1. The minimum Gasteiger partial charge on any atom is -0.234 e. The largest absolute Gasteiger partial charge is 0.417 e. The molecule has 1 heterocycles. The van der Waals surface area contributed by atoms with Gasteiger partial charge < -0.3 is 0 Å². The molecule has 1 aromatic rings. The van der Waals surface area contributed by atoms with Gasteiger partial charge in [-0.05, 0) is 28.7 Å². The Morgan fingerprint density at radius 2 is 1.87 bits per heavy atom. The van der Waals surface area contributed by atoms with E-state index in [0.717, 1.165) is 0 Å². The number of hydrogen-bond acceptors (Lipinski definition) is 1. The van der Waals surface area contributed by atoms with E-state index in [0.29, 0.717) is 6.07 Å². The number of nitrogens with zero attached hydrogens (tertiary/aromatic N) is 1. The van der Waals surface area contributed by atoms with Gasteiger partial charge in [0.15, 0.2) is 0 Å². The van der Waals surface area contributed by atoms with E-state index < -0.39 is 29.0 Å². The molecule has 0 aliphatic heterocycles. The minimum absolute atomic E-state index is 0.304. The van der Waals surface area contributed by atoms with Gasteiger partial charge >= 0.3 is 6.18 Å². The minimum atomic E-state index is -4.72. The van der Waals surface area contributed by atoms with Gasteiger partial charge in [-0.3, -0.25) is 0 Å². The van der Waals surface area contributed by atoms with E-state index in [2.05, 4.69) is 4.98 Å². The van der Waals surface area contributed by atoms with Crippen LogP contribution in [0, 0.1) is 3.57 Å². The van der Waals surface area contributed by atoms with E-state index in [4.69, 9.17) is 11.6 Å². The maximum Gasteiger partial charge on any atom is 0.417 e. The van der Waals surface area contributed by atoms with Gasteiger partial charge in [0, 0.05) is 0 Å². The second-order valence-electron chi connectivity index (χ2n) is 2.50. The van der Waals surface area contributed by atoms with Crippen molar-refractivity contribution in [3.8, 4) is 0 Å². The van der Waals surface area contributed by atoms with Crippen LogP contribution in [0.5, 0.6) is 0 Å². The topological polar surface area (TPSA) is 12.9 Å². The third kappa shape index (κ3) is 2.90. The van der Waals surface area contributed by atoms with Crippen molar-refractivity contribution in [3.63, 3.8) is 0 Å². The van der Waals surface area contributed by atoms with Crippen molar-refractivity contribution in [1.82, 2.24) is 4.98 Å². The lowest BCUT2D eigenvalue weighted by molar-refractivity contribution is -0.138. The van der Waals surface area contributed by atoms with Gasteiger partial charge in [-0.15, -0.1) is 0 Å². The van der Waals surface area contributed by atoms with Crippen molar-refractivity contribution in [2.45, 2.75) is 12.6 Å². The lowest BCUT2D eigenvalue weighted by atomic mass is 10.2. The average molecular weight is 357 g/mol. The van der Waals surface area contributed by atoms with E-state index in [9.17, 15) is 22.0 Å². The maximum atomic E-state index is 12.3. The third-order valence-electron chi connectivity index (χ3n) is 1.47. The lowest BCUT2D eigenvalue weighted by Gasteiger charge is -2.11. The Balaban J connectivity index is 3.38. The Morgan fingerprint density at radius 1 is 1.33 bits per heavy atom. The molecule has 0 aliphatic carbocycles. The zero-order valence-corrected chi connectivity index (χ0v) is 9.66. The van der Waals surface area contributed by atoms with Gasteiger partial charge in [-0.1, -0.05) is 11.6 Å². The number of hydrogen-bond donors (Lipinski definition) is 0. The van der Waals surface area contributed by atoms with Gasteiger partial charge in [0.25, 0.3) is 6.43 Å². The molecule has 15 heavy (non-hydrogen) atoms. The number of rotatable bonds is 1. The number of aromatic nitrogens is 1. The molecule has 0 N–H and O–H groups in total. The highest BCUT2D eigenvalue weighted by atomic mass is 127. The van der Waals surface area contributed by atoms with Crippen LogP contribution >= 0.6 is 34.2 Å². The predicted molar refractivity (Wildman–Crippen MR) is 51.9 cm³/mol. The number of pyridine rings is 1. The SMILES string of the molecule is FC(F)c1cc(C(F)(F)F)c(I)c(Cl)n1. The van der Waals surface area contributed by atoms with Crippen molar-refractivity contribution in [2.24, 2.45) is 0 Å². The van der Waals surface area contributed by atoms with Gasteiger partial charge in [0.1, 0.15) is 10.8 Å². The van der Waals surface area contributed by atoms with Crippen LogP contribution in [0.4, 0.5) is 22.0 Å². The number of halogens is 7. The molecular formula is C7H2ClF5IN. The summed E-state index contributed by atoms with van der Waals surface area (Å²) >= 11 is 6.63. The summed E-state index contributed by atoms with van der Waals surface area (Å²) in [4.78, 5) is 3.15. The molecule has 84 valence electrons. The first-order valence-electron chi connectivity index (χ1n) is 3.44.